The second-order valence-electron chi connectivity index (χ2n) is 7.68. The van der Waals surface area contributed by atoms with Gasteiger partial charge in [0, 0.05) is 19.2 Å². The zero-order valence-corrected chi connectivity index (χ0v) is 14.9. The first-order valence-electron chi connectivity index (χ1n) is 9.43. The highest BCUT2D eigenvalue weighted by atomic mass is 16.8. The van der Waals surface area contributed by atoms with Crippen LogP contribution < -0.4 is 0 Å². The number of fused-ring (bicyclic) bond motifs is 1. The Bertz CT molecular complexity index is 576. The summed E-state index contributed by atoms with van der Waals surface area (Å²) >= 11 is 0. The lowest BCUT2D eigenvalue weighted by atomic mass is 9.71. The fourth-order valence-corrected chi connectivity index (χ4v) is 4.36. The third kappa shape index (κ3) is 3.51. The molecule has 2 aliphatic heterocycles. The number of hydrogen-bond acceptors (Lipinski definition) is 5. The largest absolute Gasteiger partial charge is 0.457 e. The van der Waals surface area contributed by atoms with Crippen molar-refractivity contribution in [2.45, 2.75) is 75.6 Å². The second kappa shape index (κ2) is 7.01. The average Bonchev–Trinajstić information content (AvgIpc) is 2.88. The van der Waals surface area contributed by atoms with Gasteiger partial charge < -0.3 is 23.9 Å². The van der Waals surface area contributed by atoms with Crippen LogP contribution in [0.25, 0.3) is 0 Å². The predicted octanol–water partition coefficient (Wildman–Crippen LogP) is 2.92. The van der Waals surface area contributed by atoms with Gasteiger partial charge in [0.25, 0.3) is 0 Å². The monoisotopic (exact) mass is 346 g/mol. The summed E-state index contributed by atoms with van der Waals surface area (Å²) in [7, 11) is -0.828. The Balaban J connectivity index is 1.43. The maximum absolute atomic E-state index is 10.1. The van der Waals surface area contributed by atoms with Crippen LogP contribution in [0.3, 0.4) is 0 Å². The minimum Gasteiger partial charge on any atom is -0.427 e. The summed E-state index contributed by atoms with van der Waals surface area (Å²) < 4.78 is 24.5. The minimum absolute atomic E-state index is 0.153. The minimum atomic E-state index is -0.828. The highest BCUT2D eigenvalue weighted by molar-refractivity contribution is 6.43. The third-order valence-electron chi connectivity index (χ3n) is 5.77. The SMILES string of the molecule is C[C@]12OC3(CCCCC3)O[C@H]1CB(O)O[C@H]2COCc1ccccc1. The summed E-state index contributed by atoms with van der Waals surface area (Å²) in [6, 6.07) is 10.1. The maximum Gasteiger partial charge on any atom is 0.457 e. The topological polar surface area (TPSA) is 57.2 Å². The van der Waals surface area contributed by atoms with Crippen molar-refractivity contribution in [2.75, 3.05) is 6.61 Å². The first-order valence-corrected chi connectivity index (χ1v) is 9.43. The molecule has 3 aliphatic rings. The summed E-state index contributed by atoms with van der Waals surface area (Å²) in [5, 5.41) is 10.1. The highest BCUT2D eigenvalue weighted by Crippen LogP contribution is 2.49. The quantitative estimate of drug-likeness (QED) is 0.850. The van der Waals surface area contributed by atoms with Crippen LogP contribution in [0.15, 0.2) is 30.3 Å². The standard InChI is InChI=1S/C19H27BO5/c1-18-16(23-19(25-18)10-6-3-7-11-19)12-20(21)24-17(18)14-22-13-15-8-4-2-5-9-15/h2,4-5,8-9,16-17,21H,3,6-7,10-14H2,1H3/t16-,17-,18-/m0/s1. The lowest BCUT2D eigenvalue weighted by Crippen LogP contribution is -2.58. The average molecular weight is 346 g/mol. The molecule has 2 saturated heterocycles. The molecule has 1 aliphatic carbocycles. The molecule has 0 unspecified atom stereocenters. The summed E-state index contributed by atoms with van der Waals surface area (Å²) in [6.45, 7) is 2.94. The molecule has 136 valence electrons. The van der Waals surface area contributed by atoms with Gasteiger partial charge in [0.15, 0.2) is 5.79 Å². The smallest absolute Gasteiger partial charge is 0.427 e. The molecule has 6 heteroatoms. The van der Waals surface area contributed by atoms with E-state index in [1.807, 2.05) is 37.3 Å². The summed E-state index contributed by atoms with van der Waals surface area (Å²) in [6.07, 6.45) is 5.29. The van der Waals surface area contributed by atoms with Crippen molar-refractivity contribution in [3.8, 4) is 0 Å². The van der Waals surface area contributed by atoms with Crippen molar-refractivity contribution in [3.63, 3.8) is 0 Å². The molecule has 1 aromatic rings. The van der Waals surface area contributed by atoms with Crippen LogP contribution in [0.5, 0.6) is 0 Å². The Labute approximate surface area is 149 Å². The third-order valence-corrected chi connectivity index (χ3v) is 5.77. The van der Waals surface area contributed by atoms with Crippen molar-refractivity contribution in [2.24, 2.45) is 0 Å². The fourth-order valence-electron chi connectivity index (χ4n) is 4.36. The van der Waals surface area contributed by atoms with Gasteiger partial charge >= 0.3 is 7.12 Å². The molecular formula is C19H27BO5. The normalized spacial score (nSPS) is 34.2. The molecule has 1 spiro atoms. The Hall–Kier alpha value is -0.915. The Morgan fingerprint density at radius 3 is 2.72 bits per heavy atom. The van der Waals surface area contributed by atoms with E-state index in [0.717, 1.165) is 31.2 Å². The van der Waals surface area contributed by atoms with Crippen molar-refractivity contribution in [1.82, 2.24) is 0 Å². The van der Waals surface area contributed by atoms with E-state index < -0.39 is 18.5 Å². The van der Waals surface area contributed by atoms with Gasteiger partial charge in [-0.25, -0.2) is 0 Å². The fraction of sp³-hybridized carbons (Fsp3) is 0.684. The number of hydrogen-bond donors (Lipinski definition) is 1. The van der Waals surface area contributed by atoms with E-state index in [1.54, 1.807) is 0 Å². The second-order valence-corrected chi connectivity index (χ2v) is 7.68. The van der Waals surface area contributed by atoms with Crippen LogP contribution in [-0.4, -0.2) is 42.3 Å². The van der Waals surface area contributed by atoms with Crippen molar-refractivity contribution >= 4 is 7.12 Å². The van der Waals surface area contributed by atoms with E-state index in [-0.39, 0.29) is 12.2 Å². The molecule has 0 bridgehead atoms. The van der Waals surface area contributed by atoms with Gasteiger partial charge in [-0.2, -0.15) is 0 Å². The molecule has 4 rings (SSSR count). The predicted molar refractivity (Wildman–Crippen MR) is 93.9 cm³/mol. The van der Waals surface area contributed by atoms with Gasteiger partial charge in [0.1, 0.15) is 5.60 Å². The number of benzene rings is 1. The van der Waals surface area contributed by atoms with Crippen LogP contribution >= 0.6 is 0 Å². The van der Waals surface area contributed by atoms with E-state index in [2.05, 4.69) is 0 Å². The van der Waals surface area contributed by atoms with Gasteiger partial charge in [-0.15, -0.1) is 0 Å². The molecule has 2 heterocycles. The van der Waals surface area contributed by atoms with Crippen LogP contribution in [0.4, 0.5) is 0 Å². The van der Waals surface area contributed by atoms with Gasteiger partial charge in [-0.05, 0) is 25.3 Å². The van der Waals surface area contributed by atoms with E-state index in [1.165, 1.54) is 6.42 Å². The molecule has 0 amide bonds. The van der Waals surface area contributed by atoms with Crippen LogP contribution in [0.2, 0.25) is 6.32 Å². The van der Waals surface area contributed by atoms with E-state index in [4.69, 9.17) is 18.9 Å². The number of ether oxygens (including phenoxy) is 3. The Kier molecular flexibility index (Phi) is 4.90. The molecular weight excluding hydrogens is 319 g/mol. The molecule has 1 saturated carbocycles. The van der Waals surface area contributed by atoms with Crippen LogP contribution in [0, 0.1) is 0 Å². The zero-order chi connectivity index (χ0) is 17.3. The molecule has 0 radical (unpaired) electrons. The van der Waals surface area contributed by atoms with E-state index in [0.29, 0.717) is 19.5 Å². The molecule has 1 N–H and O–H groups in total. The van der Waals surface area contributed by atoms with Gasteiger partial charge in [-0.1, -0.05) is 36.8 Å². The first-order chi connectivity index (χ1) is 12.1. The van der Waals surface area contributed by atoms with Crippen LogP contribution in [-0.2, 0) is 25.5 Å². The van der Waals surface area contributed by atoms with Crippen LogP contribution in [0.1, 0.15) is 44.6 Å². The molecule has 0 aromatic heterocycles. The first kappa shape index (κ1) is 17.5. The molecule has 3 fully saturated rings. The Morgan fingerprint density at radius 1 is 1.20 bits per heavy atom. The molecule has 3 atom stereocenters. The zero-order valence-electron chi connectivity index (χ0n) is 14.9. The summed E-state index contributed by atoms with van der Waals surface area (Å²) in [4.78, 5) is 0. The summed E-state index contributed by atoms with van der Waals surface area (Å²) in [5.41, 5.74) is 0.542. The molecule has 5 nitrogen and oxygen atoms in total. The lowest BCUT2D eigenvalue weighted by molar-refractivity contribution is -0.218. The van der Waals surface area contributed by atoms with E-state index >= 15 is 0 Å². The van der Waals surface area contributed by atoms with Gasteiger partial charge in [-0.3, -0.25) is 0 Å². The van der Waals surface area contributed by atoms with Crippen molar-refractivity contribution < 1.29 is 23.9 Å². The van der Waals surface area contributed by atoms with Gasteiger partial charge in [0.2, 0.25) is 0 Å². The lowest BCUT2D eigenvalue weighted by Gasteiger charge is -2.42. The van der Waals surface area contributed by atoms with E-state index in [9.17, 15) is 5.02 Å². The Morgan fingerprint density at radius 2 is 1.96 bits per heavy atom. The number of rotatable bonds is 4. The summed E-state index contributed by atoms with van der Waals surface area (Å²) in [5.74, 6) is -0.497. The van der Waals surface area contributed by atoms with Crippen molar-refractivity contribution in [3.05, 3.63) is 35.9 Å². The highest BCUT2D eigenvalue weighted by Gasteiger charge is 2.61. The molecule has 1 aromatic carbocycles. The van der Waals surface area contributed by atoms with Crippen molar-refractivity contribution in [1.29, 1.82) is 0 Å². The molecule has 25 heavy (non-hydrogen) atoms. The maximum atomic E-state index is 10.1. The van der Waals surface area contributed by atoms with Gasteiger partial charge in [0.05, 0.1) is 25.4 Å².